The van der Waals surface area contributed by atoms with Gasteiger partial charge in [-0.25, -0.2) is 9.78 Å². The molecule has 1 aliphatic rings. The van der Waals surface area contributed by atoms with E-state index in [1.54, 1.807) is 11.4 Å². The number of imidazole rings is 1. The van der Waals surface area contributed by atoms with E-state index in [4.69, 9.17) is 23.8 Å². The summed E-state index contributed by atoms with van der Waals surface area (Å²) in [4.78, 5) is 25.4. The molecule has 2 atom stereocenters. The number of fused-ring (bicyclic) bond motifs is 1. The van der Waals surface area contributed by atoms with Gasteiger partial charge in [-0.15, -0.1) is 5.06 Å². The summed E-state index contributed by atoms with van der Waals surface area (Å²) in [7, 11) is 0. The number of nitrogens with zero attached hydrogens (tertiary/aromatic N) is 2. The molecular weight excluding hydrogens is 546 g/mol. The molecular formula is C34H41N3O6. The SMILES string of the molecule is CC(C)(C)OC(=O)ON1CCC(c2ccc(OCCCOCc3ccccc3)cc2)C(OCc2ccc3[nH]cnc3c2)C1. The lowest BCUT2D eigenvalue weighted by molar-refractivity contribution is -0.179. The Morgan fingerprint density at radius 2 is 1.79 bits per heavy atom. The molecule has 0 radical (unpaired) electrons. The van der Waals surface area contributed by atoms with Gasteiger partial charge in [-0.05, 0) is 68.1 Å². The molecule has 1 N–H and O–H groups in total. The Balaban J connectivity index is 1.16. The van der Waals surface area contributed by atoms with E-state index in [0.717, 1.165) is 40.8 Å². The third-order valence-electron chi connectivity index (χ3n) is 7.19. The largest absolute Gasteiger partial charge is 0.528 e. The minimum atomic E-state index is -0.708. The molecule has 3 aromatic carbocycles. The fourth-order valence-electron chi connectivity index (χ4n) is 5.09. The van der Waals surface area contributed by atoms with Crippen LogP contribution < -0.4 is 4.74 Å². The molecule has 0 bridgehead atoms. The van der Waals surface area contributed by atoms with E-state index in [1.165, 1.54) is 5.56 Å². The fraction of sp³-hybridized carbons (Fsp3) is 0.412. The highest BCUT2D eigenvalue weighted by molar-refractivity contribution is 5.74. The van der Waals surface area contributed by atoms with E-state index in [1.807, 2.05) is 69.3 Å². The lowest BCUT2D eigenvalue weighted by Crippen LogP contribution is -2.45. The highest BCUT2D eigenvalue weighted by Gasteiger charge is 2.34. The zero-order chi connectivity index (χ0) is 30.1. The van der Waals surface area contributed by atoms with Gasteiger partial charge in [0.15, 0.2) is 0 Å². The van der Waals surface area contributed by atoms with E-state index in [9.17, 15) is 4.79 Å². The van der Waals surface area contributed by atoms with Gasteiger partial charge in [-0.3, -0.25) is 0 Å². The summed E-state index contributed by atoms with van der Waals surface area (Å²) in [5.74, 6) is 0.940. The first-order valence-corrected chi connectivity index (χ1v) is 14.9. The number of ether oxygens (including phenoxy) is 4. The zero-order valence-electron chi connectivity index (χ0n) is 25.2. The molecule has 43 heavy (non-hydrogen) atoms. The third-order valence-corrected chi connectivity index (χ3v) is 7.19. The molecule has 4 aromatic rings. The maximum atomic E-state index is 12.4. The molecule has 9 heteroatoms. The van der Waals surface area contributed by atoms with E-state index < -0.39 is 11.8 Å². The summed E-state index contributed by atoms with van der Waals surface area (Å²) in [5, 5.41) is 1.64. The van der Waals surface area contributed by atoms with Gasteiger partial charge in [0.25, 0.3) is 0 Å². The van der Waals surface area contributed by atoms with E-state index >= 15 is 0 Å². The average molecular weight is 588 g/mol. The standard InChI is InChI=1S/C34H41N3O6/c1-34(2,3)42-33(38)43-37-17-16-29(32(21-37)41-23-26-10-15-30-31(20-26)36-24-35-30)27-11-13-28(14-12-27)40-19-7-18-39-22-25-8-5-4-6-9-25/h4-6,8-15,20,24,29,32H,7,16-19,21-23H2,1-3H3,(H,35,36). The molecule has 5 rings (SSSR count). The lowest BCUT2D eigenvalue weighted by Gasteiger charge is -2.37. The number of aromatic nitrogens is 2. The molecule has 1 aliphatic heterocycles. The Kier molecular flexibility index (Phi) is 10.3. The summed E-state index contributed by atoms with van der Waals surface area (Å²) in [6, 6.07) is 24.4. The van der Waals surface area contributed by atoms with E-state index in [0.29, 0.717) is 39.5 Å². The molecule has 1 aromatic heterocycles. The van der Waals surface area contributed by atoms with Gasteiger partial charge in [-0.2, -0.15) is 0 Å². The molecule has 9 nitrogen and oxygen atoms in total. The van der Waals surface area contributed by atoms with Crippen LogP contribution in [-0.4, -0.2) is 59.2 Å². The van der Waals surface area contributed by atoms with Crippen LogP contribution in [0.3, 0.4) is 0 Å². The van der Waals surface area contributed by atoms with Gasteiger partial charge in [0, 0.05) is 18.9 Å². The van der Waals surface area contributed by atoms with E-state index in [2.05, 4.69) is 34.2 Å². The predicted molar refractivity (Wildman–Crippen MR) is 164 cm³/mol. The topological polar surface area (TPSA) is 95.1 Å². The molecule has 2 heterocycles. The molecule has 0 aliphatic carbocycles. The molecule has 1 saturated heterocycles. The van der Waals surface area contributed by atoms with Gasteiger partial charge < -0.3 is 28.8 Å². The number of hydrogen-bond acceptors (Lipinski definition) is 8. The first kappa shape index (κ1) is 30.5. The second kappa shape index (κ2) is 14.5. The number of H-pyrrole nitrogens is 1. The molecule has 1 fully saturated rings. The van der Waals surface area contributed by atoms with Crippen LogP contribution in [0.25, 0.3) is 11.0 Å². The zero-order valence-corrected chi connectivity index (χ0v) is 25.2. The average Bonchev–Trinajstić information content (AvgIpc) is 3.46. The summed E-state index contributed by atoms with van der Waals surface area (Å²) < 4.78 is 23.6. The lowest BCUT2D eigenvalue weighted by atomic mass is 9.87. The van der Waals surface area contributed by atoms with Crippen LogP contribution in [0.1, 0.15) is 56.2 Å². The number of rotatable bonds is 12. The minimum Gasteiger partial charge on any atom is -0.494 e. The highest BCUT2D eigenvalue weighted by Crippen LogP contribution is 2.33. The summed E-state index contributed by atoms with van der Waals surface area (Å²) in [6.45, 7) is 8.70. The van der Waals surface area contributed by atoms with Crippen molar-refractivity contribution in [3.05, 3.63) is 95.8 Å². The van der Waals surface area contributed by atoms with Gasteiger partial charge in [0.2, 0.25) is 0 Å². The van der Waals surface area contributed by atoms with Crippen molar-refractivity contribution in [3.63, 3.8) is 0 Å². The summed E-state index contributed by atoms with van der Waals surface area (Å²) in [5.41, 5.74) is 4.60. The summed E-state index contributed by atoms with van der Waals surface area (Å²) >= 11 is 0. The van der Waals surface area contributed by atoms with Crippen molar-refractivity contribution >= 4 is 17.2 Å². The Morgan fingerprint density at radius 3 is 2.58 bits per heavy atom. The number of piperidine rings is 1. The first-order valence-electron chi connectivity index (χ1n) is 14.9. The number of hydrogen-bond donors (Lipinski definition) is 1. The van der Waals surface area contributed by atoms with E-state index in [-0.39, 0.29) is 12.0 Å². The van der Waals surface area contributed by atoms with Crippen molar-refractivity contribution in [2.45, 2.75) is 64.4 Å². The monoisotopic (exact) mass is 587 g/mol. The van der Waals surface area contributed by atoms with Gasteiger partial charge in [-0.1, -0.05) is 48.5 Å². The second-order valence-electron chi connectivity index (χ2n) is 11.8. The normalized spacial score (nSPS) is 17.6. The third kappa shape index (κ3) is 9.28. The Labute approximate surface area is 253 Å². The number of carbonyl (C=O) groups excluding carboxylic acids is 1. The van der Waals surface area contributed by atoms with Crippen molar-refractivity contribution in [3.8, 4) is 5.75 Å². The Bertz CT molecular complexity index is 1430. The molecule has 0 spiro atoms. The smallest absolute Gasteiger partial charge is 0.494 e. The number of benzene rings is 3. The quantitative estimate of drug-likeness (QED) is 0.143. The molecule has 0 amide bonds. The maximum absolute atomic E-state index is 12.4. The number of aromatic amines is 1. The van der Waals surface area contributed by atoms with Crippen LogP contribution in [0, 0.1) is 0 Å². The molecule has 228 valence electrons. The number of carbonyl (C=O) groups is 1. The van der Waals surface area contributed by atoms with Crippen molar-refractivity contribution in [1.29, 1.82) is 0 Å². The van der Waals surface area contributed by atoms with Crippen LogP contribution in [0.2, 0.25) is 0 Å². The minimum absolute atomic E-state index is 0.119. The van der Waals surface area contributed by atoms with Crippen molar-refractivity contribution in [1.82, 2.24) is 15.0 Å². The van der Waals surface area contributed by atoms with Gasteiger partial charge >= 0.3 is 6.16 Å². The molecule has 2 unspecified atom stereocenters. The number of hydroxylamine groups is 2. The fourth-order valence-corrected chi connectivity index (χ4v) is 5.09. The van der Waals surface area contributed by atoms with Gasteiger partial charge in [0.05, 0.1) is 56.4 Å². The summed E-state index contributed by atoms with van der Waals surface area (Å²) in [6.07, 6.45) is 2.33. The second-order valence-corrected chi connectivity index (χ2v) is 11.8. The van der Waals surface area contributed by atoms with Crippen molar-refractivity contribution in [2.75, 3.05) is 26.3 Å². The van der Waals surface area contributed by atoms with Crippen molar-refractivity contribution < 1.29 is 28.6 Å². The molecule has 0 saturated carbocycles. The Hall–Kier alpha value is -3.92. The maximum Gasteiger partial charge on any atom is 0.528 e. The van der Waals surface area contributed by atoms with Gasteiger partial charge in [0.1, 0.15) is 11.4 Å². The van der Waals surface area contributed by atoms with Crippen molar-refractivity contribution in [2.24, 2.45) is 0 Å². The first-order chi connectivity index (χ1) is 20.8. The predicted octanol–water partition coefficient (Wildman–Crippen LogP) is 6.79. The van der Waals surface area contributed by atoms with Crippen LogP contribution in [0.5, 0.6) is 5.75 Å². The highest BCUT2D eigenvalue weighted by atomic mass is 16.8. The van der Waals surface area contributed by atoms with Crippen LogP contribution in [-0.2, 0) is 32.3 Å². The van der Waals surface area contributed by atoms with Crippen LogP contribution in [0.15, 0.2) is 79.1 Å². The Morgan fingerprint density at radius 1 is 0.977 bits per heavy atom. The van der Waals surface area contributed by atoms with Crippen LogP contribution >= 0.6 is 0 Å². The van der Waals surface area contributed by atoms with Crippen LogP contribution in [0.4, 0.5) is 4.79 Å². The number of nitrogens with one attached hydrogen (secondary N) is 1.